The van der Waals surface area contributed by atoms with E-state index in [0.29, 0.717) is 30.8 Å². The molecule has 0 saturated carbocycles. The third-order valence-electron chi connectivity index (χ3n) is 5.52. The van der Waals surface area contributed by atoms with Gasteiger partial charge in [0.1, 0.15) is 29.6 Å². The molecular formula is C24H21NO5. The van der Waals surface area contributed by atoms with Gasteiger partial charge in [-0.25, -0.2) is 4.79 Å². The molecule has 30 heavy (non-hydrogen) atoms. The van der Waals surface area contributed by atoms with Gasteiger partial charge >= 0.3 is 5.63 Å². The number of methoxy groups -OCH3 is 2. The molecule has 0 fully saturated rings. The molecule has 0 amide bonds. The van der Waals surface area contributed by atoms with Crippen LogP contribution in [0.5, 0.6) is 17.2 Å². The van der Waals surface area contributed by atoms with Crippen molar-refractivity contribution < 1.29 is 18.6 Å². The standard InChI is InChI=1S/C24H21NO5/c1-27-16-8-7-15(22(11-16)28-2)12-25-13-20-21(29-14-25)10-9-18-17-5-3-4-6-19(17)24(26)30-23(18)20/h3-11H,12-14H2,1-2H3. The average molecular weight is 403 g/mol. The Labute approximate surface area is 173 Å². The van der Waals surface area contributed by atoms with Crippen molar-refractivity contribution in [1.29, 1.82) is 0 Å². The molecule has 6 heteroatoms. The zero-order chi connectivity index (χ0) is 20.7. The molecule has 1 aliphatic rings. The van der Waals surface area contributed by atoms with Crippen LogP contribution in [-0.4, -0.2) is 25.9 Å². The van der Waals surface area contributed by atoms with Gasteiger partial charge in [0.2, 0.25) is 0 Å². The SMILES string of the molecule is COc1ccc(CN2COc3ccc4c(oc(=O)c5ccccc54)c3C2)c(OC)c1. The zero-order valence-electron chi connectivity index (χ0n) is 16.8. The fourth-order valence-electron chi connectivity index (χ4n) is 4.02. The van der Waals surface area contributed by atoms with E-state index < -0.39 is 0 Å². The van der Waals surface area contributed by atoms with Gasteiger partial charge in [0.25, 0.3) is 0 Å². The summed E-state index contributed by atoms with van der Waals surface area (Å²) in [6.45, 7) is 1.66. The Morgan fingerprint density at radius 1 is 0.967 bits per heavy atom. The lowest BCUT2D eigenvalue weighted by Gasteiger charge is -2.29. The van der Waals surface area contributed by atoms with E-state index in [1.54, 1.807) is 20.3 Å². The zero-order valence-corrected chi connectivity index (χ0v) is 16.8. The molecule has 4 aromatic rings. The average Bonchev–Trinajstić information content (AvgIpc) is 2.79. The third-order valence-corrected chi connectivity index (χ3v) is 5.52. The van der Waals surface area contributed by atoms with Crippen molar-refractivity contribution in [1.82, 2.24) is 4.90 Å². The normalized spacial score (nSPS) is 13.8. The van der Waals surface area contributed by atoms with Crippen molar-refractivity contribution in [3.05, 3.63) is 76.1 Å². The van der Waals surface area contributed by atoms with Crippen LogP contribution in [0.2, 0.25) is 0 Å². The van der Waals surface area contributed by atoms with Gasteiger partial charge in [0.15, 0.2) is 0 Å². The molecule has 0 unspecified atom stereocenters. The van der Waals surface area contributed by atoms with Crippen LogP contribution >= 0.6 is 0 Å². The summed E-state index contributed by atoms with van der Waals surface area (Å²) < 4.78 is 22.5. The number of fused-ring (bicyclic) bond motifs is 5. The second kappa shape index (κ2) is 7.39. The summed E-state index contributed by atoms with van der Waals surface area (Å²) in [5.74, 6) is 2.25. The van der Waals surface area contributed by atoms with Gasteiger partial charge in [-0.15, -0.1) is 0 Å². The minimum absolute atomic E-state index is 0.333. The number of hydrogen-bond donors (Lipinski definition) is 0. The van der Waals surface area contributed by atoms with E-state index in [9.17, 15) is 4.79 Å². The lowest BCUT2D eigenvalue weighted by atomic mass is 10.0. The van der Waals surface area contributed by atoms with Gasteiger partial charge in [0, 0.05) is 30.1 Å². The fraction of sp³-hybridized carbons (Fsp3) is 0.208. The second-order valence-electron chi connectivity index (χ2n) is 7.29. The Morgan fingerprint density at radius 2 is 1.80 bits per heavy atom. The minimum Gasteiger partial charge on any atom is -0.497 e. The van der Waals surface area contributed by atoms with Crippen LogP contribution in [0, 0.1) is 0 Å². The topological polar surface area (TPSA) is 61.1 Å². The predicted octanol–water partition coefficient (Wildman–Crippen LogP) is 4.32. The van der Waals surface area contributed by atoms with Crippen molar-refractivity contribution in [2.24, 2.45) is 0 Å². The van der Waals surface area contributed by atoms with Crippen molar-refractivity contribution in [3.63, 3.8) is 0 Å². The number of nitrogens with zero attached hydrogens (tertiary/aromatic N) is 1. The molecule has 2 heterocycles. The molecule has 152 valence electrons. The quantitative estimate of drug-likeness (QED) is 0.374. The van der Waals surface area contributed by atoms with Gasteiger partial charge < -0.3 is 18.6 Å². The van der Waals surface area contributed by atoms with Gasteiger partial charge in [-0.3, -0.25) is 4.90 Å². The van der Waals surface area contributed by atoms with Crippen LogP contribution in [0.1, 0.15) is 11.1 Å². The van der Waals surface area contributed by atoms with E-state index in [-0.39, 0.29) is 5.63 Å². The summed E-state index contributed by atoms with van der Waals surface area (Å²) in [4.78, 5) is 14.7. The fourth-order valence-corrected chi connectivity index (χ4v) is 4.02. The Balaban J connectivity index is 1.54. The van der Waals surface area contributed by atoms with Gasteiger partial charge in [-0.2, -0.15) is 0 Å². The predicted molar refractivity (Wildman–Crippen MR) is 114 cm³/mol. The van der Waals surface area contributed by atoms with E-state index in [1.807, 2.05) is 48.5 Å². The maximum absolute atomic E-state index is 12.5. The first-order valence-corrected chi connectivity index (χ1v) is 9.71. The third kappa shape index (κ3) is 3.06. The highest BCUT2D eigenvalue weighted by Crippen LogP contribution is 2.35. The molecule has 0 bridgehead atoms. The summed E-state index contributed by atoms with van der Waals surface area (Å²) in [6.07, 6.45) is 0. The first kappa shape index (κ1) is 18.5. The summed E-state index contributed by atoms with van der Waals surface area (Å²) in [5.41, 5.74) is 2.16. The van der Waals surface area contributed by atoms with Gasteiger partial charge in [-0.05, 0) is 29.7 Å². The molecule has 6 nitrogen and oxygen atoms in total. The van der Waals surface area contributed by atoms with Gasteiger partial charge in [0.05, 0.1) is 25.2 Å². The number of rotatable bonds is 4. The van der Waals surface area contributed by atoms with Crippen molar-refractivity contribution in [2.75, 3.05) is 21.0 Å². The van der Waals surface area contributed by atoms with Crippen LogP contribution in [-0.2, 0) is 13.1 Å². The molecule has 0 N–H and O–H groups in total. The molecular weight excluding hydrogens is 382 g/mol. The number of ether oxygens (including phenoxy) is 3. The van der Waals surface area contributed by atoms with Crippen molar-refractivity contribution >= 4 is 21.7 Å². The van der Waals surface area contributed by atoms with Crippen LogP contribution in [0.25, 0.3) is 21.7 Å². The monoisotopic (exact) mass is 403 g/mol. The largest absolute Gasteiger partial charge is 0.497 e. The van der Waals surface area contributed by atoms with Crippen LogP contribution < -0.4 is 19.8 Å². The highest BCUT2D eigenvalue weighted by Gasteiger charge is 2.23. The minimum atomic E-state index is -0.333. The van der Waals surface area contributed by atoms with E-state index in [0.717, 1.165) is 39.1 Å². The Kier molecular flexibility index (Phi) is 4.56. The molecule has 5 rings (SSSR count). The highest BCUT2D eigenvalue weighted by atomic mass is 16.5. The van der Waals surface area contributed by atoms with Crippen molar-refractivity contribution in [3.8, 4) is 17.2 Å². The van der Waals surface area contributed by atoms with Gasteiger partial charge in [-0.1, -0.05) is 24.3 Å². The van der Waals surface area contributed by atoms with Crippen molar-refractivity contribution in [2.45, 2.75) is 13.1 Å². The Bertz CT molecular complexity index is 1310. The van der Waals surface area contributed by atoms with E-state index in [2.05, 4.69) is 4.90 Å². The lowest BCUT2D eigenvalue weighted by Crippen LogP contribution is -2.31. The molecule has 1 aromatic heterocycles. The lowest BCUT2D eigenvalue weighted by molar-refractivity contribution is 0.0882. The molecule has 0 saturated heterocycles. The maximum Gasteiger partial charge on any atom is 0.344 e. The Morgan fingerprint density at radius 3 is 2.60 bits per heavy atom. The summed E-state index contributed by atoms with van der Waals surface area (Å²) in [6, 6.07) is 17.2. The number of benzene rings is 3. The molecule has 1 aliphatic heterocycles. The van der Waals surface area contributed by atoms with E-state index in [4.69, 9.17) is 18.6 Å². The highest BCUT2D eigenvalue weighted by molar-refractivity contribution is 6.05. The molecule has 0 radical (unpaired) electrons. The molecule has 0 spiro atoms. The molecule has 0 aliphatic carbocycles. The van der Waals surface area contributed by atoms with Crippen LogP contribution in [0.3, 0.4) is 0 Å². The van der Waals surface area contributed by atoms with Crippen LogP contribution in [0.4, 0.5) is 0 Å². The maximum atomic E-state index is 12.5. The summed E-state index contributed by atoms with van der Waals surface area (Å²) in [7, 11) is 3.28. The summed E-state index contributed by atoms with van der Waals surface area (Å²) >= 11 is 0. The smallest absolute Gasteiger partial charge is 0.344 e. The van der Waals surface area contributed by atoms with E-state index in [1.165, 1.54) is 0 Å². The van der Waals surface area contributed by atoms with Crippen LogP contribution in [0.15, 0.2) is 63.8 Å². The van der Waals surface area contributed by atoms with E-state index >= 15 is 0 Å². The molecule has 0 atom stereocenters. The number of hydrogen-bond acceptors (Lipinski definition) is 6. The first-order chi connectivity index (χ1) is 14.7. The molecule has 3 aromatic carbocycles. The first-order valence-electron chi connectivity index (χ1n) is 9.71. The Hall–Kier alpha value is -3.51. The summed E-state index contributed by atoms with van der Waals surface area (Å²) in [5, 5.41) is 2.39. The second-order valence-corrected chi connectivity index (χ2v) is 7.29.